The number of ether oxygens (including phenoxy) is 2. The molecular weight excluding hydrogens is 348 g/mol. The molecule has 2 fully saturated rings. The summed E-state index contributed by atoms with van der Waals surface area (Å²) in [5, 5.41) is 0. The van der Waals surface area contributed by atoms with Crippen LogP contribution < -0.4 is 0 Å². The second-order valence-electron chi connectivity index (χ2n) is 8.75. The lowest BCUT2D eigenvalue weighted by Gasteiger charge is -2.19. The van der Waals surface area contributed by atoms with Crippen molar-refractivity contribution in [1.29, 1.82) is 0 Å². The molecule has 1 atom stereocenters. The van der Waals surface area contributed by atoms with E-state index in [1.54, 1.807) is 0 Å². The van der Waals surface area contributed by atoms with Crippen LogP contribution in [0.2, 0.25) is 38.3 Å². The molecule has 2 aliphatic rings. The molecule has 0 aromatic heterocycles. The van der Waals surface area contributed by atoms with Crippen LogP contribution in [0.3, 0.4) is 0 Å². The normalized spacial score (nSPS) is 20.2. The van der Waals surface area contributed by atoms with Crippen LogP contribution in [0, 0.1) is 5.92 Å². The lowest BCUT2D eigenvalue weighted by molar-refractivity contribution is 0.124. The lowest BCUT2D eigenvalue weighted by Crippen LogP contribution is -2.28. The Morgan fingerprint density at radius 2 is 1.44 bits per heavy atom. The number of hydrogen-bond donors (Lipinski definition) is 0. The Balaban J connectivity index is 0.000000251. The van der Waals surface area contributed by atoms with Gasteiger partial charge in [-0.2, -0.15) is 0 Å². The molecule has 0 aromatic rings. The predicted molar refractivity (Wildman–Crippen MR) is 110 cm³/mol. The summed E-state index contributed by atoms with van der Waals surface area (Å²) < 4.78 is 21.6. The molecule has 1 aliphatic carbocycles. The van der Waals surface area contributed by atoms with Crippen LogP contribution in [0.15, 0.2) is 0 Å². The number of unbranched alkanes of at least 4 members (excludes halogenated alkanes) is 1. The fraction of sp³-hybridized carbons (Fsp3) is 1.00. The molecule has 0 aromatic carbocycles. The van der Waals surface area contributed by atoms with Crippen LogP contribution in [0.5, 0.6) is 0 Å². The molecule has 1 saturated carbocycles. The van der Waals surface area contributed by atoms with Gasteiger partial charge in [-0.3, -0.25) is 0 Å². The largest absolute Gasteiger partial charge is 0.420 e. The average molecular weight is 391 g/mol. The van der Waals surface area contributed by atoms with Gasteiger partial charge in [0, 0.05) is 27.4 Å². The molecule has 1 heterocycles. The minimum absolute atomic E-state index is 0.609. The summed E-state index contributed by atoms with van der Waals surface area (Å²) in [5.41, 5.74) is 0. The van der Waals surface area contributed by atoms with Crippen LogP contribution in [0.4, 0.5) is 0 Å². The van der Waals surface area contributed by atoms with Gasteiger partial charge >= 0.3 is 0 Å². The minimum Gasteiger partial charge on any atom is -0.420 e. The molecule has 0 radical (unpaired) electrons. The highest BCUT2D eigenvalue weighted by atomic mass is 28.4. The third-order valence-electron chi connectivity index (χ3n) is 5.18. The van der Waals surface area contributed by atoms with Crippen molar-refractivity contribution >= 4 is 16.6 Å². The SMILES string of the molecule is CO[Si](C)(C)CCCCC1CO1.CO[Si](C)(C)CCCOCC1CC1. The van der Waals surface area contributed by atoms with E-state index in [0.717, 1.165) is 25.7 Å². The van der Waals surface area contributed by atoms with E-state index in [1.807, 2.05) is 14.2 Å². The Labute approximate surface area is 158 Å². The lowest BCUT2D eigenvalue weighted by atomic mass is 10.2. The summed E-state index contributed by atoms with van der Waals surface area (Å²) in [6.45, 7) is 12.0. The zero-order valence-corrected chi connectivity index (χ0v) is 19.6. The van der Waals surface area contributed by atoms with Crippen molar-refractivity contribution in [2.75, 3.05) is 34.0 Å². The first-order valence-corrected chi connectivity index (χ1v) is 16.3. The van der Waals surface area contributed by atoms with Crippen LogP contribution in [-0.2, 0) is 18.3 Å². The number of hydrogen-bond acceptors (Lipinski definition) is 4. The van der Waals surface area contributed by atoms with Crippen LogP contribution in [0.1, 0.15) is 38.5 Å². The van der Waals surface area contributed by atoms with Gasteiger partial charge in [0.2, 0.25) is 0 Å². The molecule has 4 nitrogen and oxygen atoms in total. The molecule has 0 N–H and O–H groups in total. The zero-order chi connectivity index (χ0) is 18.8. The molecule has 1 aliphatic heterocycles. The van der Waals surface area contributed by atoms with Crippen molar-refractivity contribution < 1.29 is 18.3 Å². The van der Waals surface area contributed by atoms with E-state index in [4.69, 9.17) is 18.3 Å². The quantitative estimate of drug-likeness (QED) is 0.250. The molecule has 6 heteroatoms. The van der Waals surface area contributed by atoms with Gasteiger partial charge < -0.3 is 18.3 Å². The van der Waals surface area contributed by atoms with Crippen molar-refractivity contribution in [1.82, 2.24) is 0 Å². The van der Waals surface area contributed by atoms with E-state index in [0.29, 0.717) is 6.10 Å². The molecule has 0 bridgehead atoms. The van der Waals surface area contributed by atoms with Crippen molar-refractivity contribution in [2.45, 2.75) is 82.9 Å². The van der Waals surface area contributed by atoms with E-state index in [9.17, 15) is 0 Å². The van der Waals surface area contributed by atoms with E-state index in [-0.39, 0.29) is 0 Å². The first kappa shape index (κ1) is 23.3. The predicted octanol–water partition coefficient (Wildman–Crippen LogP) is 5.06. The van der Waals surface area contributed by atoms with Crippen LogP contribution in [0.25, 0.3) is 0 Å². The molecule has 0 spiro atoms. The van der Waals surface area contributed by atoms with Gasteiger partial charge in [0.1, 0.15) is 0 Å². The average Bonchev–Trinajstić information content (AvgIpc) is 3.46. The van der Waals surface area contributed by atoms with Gasteiger partial charge in [-0.15, -0.1) is 0 Å². The van der Waals surface area contributed by atoms with Gasteiger partial charge in [-0.05, 0) is 69.9 Å². The molecule has 1 saturated heterocycles. The number of rotatable bonds is 13. The van der Waals surface area contributed by atoms with Gasteiger partial charge in [0.05, 0.1) is 12.7 Å². The smallest absolute Gasteiger partial charge is 0.186 e. The van der Waals surface area contributed by atoms with Gasteiger partial charge in [-0.25, -0.2) is 0 Å². The number of epoxide rings is 1. The third-order valence-corrected chi connectivity index (χ3v) is 10.5. The summed E-state index contributed by atoms with van der Waals surface area (Å²) in [6.07, 6.45) is 8.43. The van der Waals surface area contributed by atoms with Gasteiger partial charge in [0.25, 0.3) is 0 Å². The maximum atomic E-state index is 5.56. The zero-order valence-electron chi connectivity index (χ0n) is 17.6. The second kappa shape index (κ2) is 11.9. The Morgan fingerprint density at radius 1 is 0.880 bits per heavy atom. The summed E-state index contributed by atoms with van der Waals surface area (Å²) in [6, 6.07) is 2.50. The summed E-state index contributed by atoms with van der Waals surface area (Å²) in [5.74, 6) is 0.896. The summed E-state index contributed by atoms with van der Waals surface area (Å²) in [7, 11) is 1.09. The van der Waals surface area contributed by atoms with E-state index in [2.05, 4.69) is 26.2 Å². The van der Waals surface area contributed by atoms with Gasteiger partial charge in [0.15, 0.2) is 16.6 Å². The van der Waals surface area contributed by atoms with E-state index >= 15 is 0 Å². The van der Waals surface area contributed by atoms with Crippen molar-refractivity contribution in [3.8, 4) is 0 Å². The fourth-order valence-electron chi connectivity index (χ4n) is 2.50. The second-order valence-corrected chi connectivity index (χ2v) is 17.6. The van der Waals surface area contributed by atoms with E-state index < -0.39 is 16.6 Å². The Bertz CT molecular complexity index is 342. The summed E-state index contributed by atoms with van der Waals surface area (Å²) in [4.78, 5) is 0. The molecular formula is C19H42O4Si2. The standard InChI is InChI=1S/C10H22O2Si.C9H20O2Si/c1-11-13(2,3)8-4-7-12-9-10-5-6-10;1-10-12(2,3)7-5-4-6-9-8-11-9/h10H,4-9H2,1-3H3;9H,4-8H2,1-3H3. The highest BCUT2D eigenvalue weighted by molar-refractivity contribution is 6.71. The Hall–Kier alpha value is 0.274. The molecule has 2 rings (SSSR count). The monoisotopic (exact) mass is 390 g/mol. The first-order valence-electron chi connectivity index (χ1n) is 10.1. The van der Waals surface area contributed by atoms with Crippen molar-refractivity contribution in [3.63, 3.8) is 0 Å². The van der Waals surface area contributed by atoms with E-state index in [1.165, 1.54) is 50.6 Å². The van der Waals surface area contributed by atoms with Gasteiger partial charge in [-0.1, -0.05) is 12.8 Å². The van der Waals surface area contributed by atoms with Crippen molar-refractivity contribution in [2.24, 2.45) is 5.92 Å². The highest BCUT2D eigenvalue weighted by Crippen LogP contribution is 2.28. The maximum absolute atomic E-state index is 5.56. The highest BCUT2D eigenvalue weighted by Gasteiger charge is 2.24. The Morgan fingerprint density at radius 3 is 1.92 bits per heavy atom. The molecule has 150 valence electrons. The Kier molecular flexibility index (Phi) is 11.1. The molecule has 1 unspecified atom stereocenters. The topological polar surface area (TPSA) is 40.2 Å². The van der Waals surface area contributed by atoms with Crippen LogP contribution in [-0.4, -0.2) is 56.8 Å². The molecule has 25 heavy (non-hydrogen) atoms. The minimum atomic E-state index is -1.32. The molecule has 0 amide bonds. The first-order chi connectivity index (χ1) is 11.8. The fourth-order valence-corrected chi connectivity index (χ4v) is 5.00. The maximum Gasteiger partial charge on any atom is 0.186 e. The van der Waals surface area contributed by atoms with Crippen LogP contribution >= 0.6 is 0 Å². The summed E-state index contributed by atoms with van der Waals surface area (Å²) >= 11 is 0. The third kappa shape index (κ3) is 14.1. The van der Waals surface area contributed by atoms with Crippen molar-refractivity contribution in [3.05, 3.63) is 0 Å².